The third-order valence-electron chi connectivity index (χ3n) is 3.23. The van der Waals surface area contributed by atoms with Crippen molar-refractivity contribution < 1.29 is 19.6 Å². The van der Waals surface area contributed by atoms with Crippen molar-refractivity contribution in [2.45, 2.75) is 6.92 Å². The fourth-order valence-corrected chi connectivity index (χ4v) is 2.04. The Morgan fingerprint density at radius 1 is 1.17 bits per heavy atom. The Labute approximate surface area is 137 Å². The van der Waals surface area contributed by atoms with Crippen LogP contribution in [-0.2, 0) is 4.79 Å². The average molecular weight is 326 g/mol. The molecule has 0 aliphatic heterocycles. The van der Waals surface area contributed by atoms with Gasteiger partial charge in [-0.2, -0.15) is 0 Å². The smallest absolute Gasteiger partial charge is 0.337 e. The molecule has 24 heavy (non-hydrogen) atoms. The van der Waals surface area contributed by atoms with Crippen LogP contribution in [0.1, 0.15) is 22.8 Å². The van der Waals surface area contributed by atoms with Crippen LogP contribution >= 0.6 is 0 Å². The minimum Gasteiger partial charge on any atom is -0.478 e. The number of rotatable bonds is 5. The van der Waals surface area contributed by atoms with E-state index in [9.17, 15) is 19.7 Å². The molecule has 0 saturated heterocycles. The summed E-state index contributed by atoms with van der Waals surface area (Å²) in [5.74, 6) is -1.64. The van der Waals surface area contributed by atoms with Gasteiger partial charge in [-0.1, -0.05) is 24.3 Å². The number of nitrogens with zero attached hydrogens (tertiary/aromatic N) is 1. The number of anilines is 1. The van der Waals surface area contributed by atoms with Crippen molar-refractivity contribution in [3.8, 4) is 0 Å². The summed E-state index contributed by atoms with van der Waals surface area (Å²) in [4.78, 5) is 33.6. The maximum Gasteiger partial charge on any atom is 0.337 e. The SMILES string of the molecule is C/C(=C\c1cccc([N+](=O)[O-])c1)C(=O)Nc1ccccc1C(=O)O. The van der Waals surface area contributed by atoms with Crippen molar-refractivity contribution in [1.29, 1.82) is 0 Å². The van der Waals surface area contributed by atoms with E-state index in [1.165, 1.54) is 43.3 Å². The van der Waals surface area contributed by atoms with E-state index in [-0.39, 0.29) is 22.5 Å². The van der Waals surface area contributed by atoms with Crippen LogP contribution in [0.3, 0.4) is 0 Å². The summed E-state index contributed by atoms with van der Waals surface area (Å²) in [6, 6.07) is 11.9. The van der Waals surface area contributed by atoms with Gasteiger partial charge in [0.25, 0.3) is 11.6 Å². The fourth-order valence-electron chi connectivity index (χ4n) is 2.04. The number of hydrogen-bond acceptors (Lipinski definition) is 4. The van der Waals surface area contributed by atoms with Crippen LogP contribution in [0.2, 0.25) is 0 Å². The highest BCUT2D eigenvalue weighted by atomic mass is 16.6. The zero-order valence-corrected chi connectivity index (χ0v) is 12.7. The molecule has 0 spiro atoms. The van der Waals surface area contributed by atoms with E-state index in [1.807, 2.05) is 0 Å². The molecule has 0 fully saturated rings. The second-order valence-electron chi connectivity index (χ2n) is 4.98. The molecule has 7 nitrogen and oxygen atoms in total. The largest absolute Gasteiger partial charge is 0.478 e. The summed E-state index contributed by atoms with van der Waals surface area (Å²) in [5.41, 5.74) is 0.878. The van der Waals surface area contributed by atoms with Crippen molar-refractivity contribution in [1.82, 2.24) is 0 Å². The van der Waals surface area contributed by atoms with Gasteiger partial charge < -0.3 is 10.4 Å². The van der Waals surface area contributed by atoms with E-state index < -0.39 is 16.8 Å². The summed E-state index contributed by atoms with van der Waals surface area (Å²) >= 11 is 0. The molecule has 2 rings (SSSR count). The molecule has 7 heteroatoms. The molecule has 122 valence electrons. The Kier molecular flexibility index (Phi) is 5.06. The molecule has 0 aliphatic rings. The minimum absolute atomic E-state index is 0.0194. The van der Waals surface area contributed by atoms with Crippen molar-refractivity contribution >= 4 is 29.3 Å². The molecule has 0 radical (unpaired) electrons. The maximum atomic E-state index is 12.2. The first-order valence-electron chi connectivity index (χ1n) is 6.95. The normalized spacial score (nSPS) is 11.0. The highest BCUT2D eigenvalue weighted by Crippen LogP contribution is 2.18. The van der Waals surface area contributed by atoms with Crippen LogP contribution in [0, 0.1) is 10.1 Å². The first kappa shape index (κ1) is 16.9. The van der Waals surface area contributed by atoms with Crippen LogP contribution in [0.5, 0.6) is 0 Å². The average Bonchev–Trinajstić information content (AvgIpc) is 2.55. The van der Waals surface area contributed by atoms with Gasteiger partial charge in [-0.25, -0.2) is 4.79 Å². The number of carbonyl (C=O) groups is 2. The predicted molar refractivity (Wildman–Crippen MR) is 88.8 cm³/mol. The number of carboxylic acid groups (broad SMARTS) is 1. The van der Waals surface area contributed by atoms with Gasteiger partial charge in [0.15, 0.2) is 0 Å². The molecule has 2 aromatic carbocycles. The summed E-state index contributed by atoms with van der Waals surface area (Å²) in [7, 11) is 0. The van der Waals surface area contributed by atoms with Gasteiger partial charge in [0.05, 0.1) is 16.2 Å². The number of nitrogens with one attached hydrogen (secondary N) is 1. The predicted octanol–water partition coefficient (Wildman–Crippen LogP) is 3.34. The zero-order chi connectivity index (χ0) is 17.7. The standard InChI is InChI=1S/C17H14N2O5/c1-11(9-12-5-4-6-13(10-12)19(23)24)16(20)18-15-8-3-2-7-14(15)17(21)22/h2-10H,1H3,(H,18,20)(H,21,22)/b11-9+. The first-order chi connectivity index (χ1) is 11.4. The number of para-hydroxylation sites is 1. The van der Waals surface area contributed by atoms with Gasteiger partial charge in [-0.15, -0.1) is 0 Å². The third kappa shape index (κ3) is 4.04. The summed E-state index contributed by atoms with van der Waals surface area (Å²) < 4.78 is 0. The van der Waals surface area contributed by atoms with Gasteiger partial charge in [0, 0.05) is 17.7 Å². The molecule has 2 N–H and O–H groups in total. The lowest BCUT2D eigenvalue weighted by molar-refractivity contribution is -0.384. The van der Waals surface area contributed by atoms with Gasteiger partial charge in [0.2, 0.25) is 0 Å². The summed E-state index contributed by atoms with van der Waals surface area (Å²) in [5, 5.41) is 22.4. The van der Waals surface area contributed by atoms with Crippen LogP contribution in [-0.4, -0.2) is 21.9 Å². The Morgan fingerprint density at radius 3 is 2.54 bits per heavy atom. The number of carbonyl (C=O) groups excluding carboxylic acids is 1. The molecule has 0 bridgehead atoms. The molecule has 0 heterocycles. The number of benzene rings is 2. The highest BCUT2D eigenvalue weighted by Gasteiger charge is 2.13. The van der Waals surface area contributed by atoms with Gasteiger partial charge in [-0.05, 0) is 30.7 Å². The lowest BCUT2D eigenvalue weighted by Gasteiger charge is -2.08. The number of amides is 1. The van der Waals surface area contributed by atoms with Crippen molar-refractivity contribution in [2.24, 2.45) is 0 Å². The van der Waals surface area contributed by atoms with Crippen molar-refractivity contribution in [3.63, 3.8) is 0 Å². The second kappa shape index (κ2) is 7.19. The van der Waals surface area contributed by atoms with Crippen LogP contribution in [0.4, 0.5) is 11.4 Å². The molecular formula is C17H14N2O5. The lowest BCUT2D eigenvalue weighted by Crippen LogP contribution is -2.15. The lowest BCUT2D eigenvalue weighted by atomic mass is 10.1. The maximum absolute atomic E-state index is 12.2. The van der Waals surface area contributed by atoms with E-state index in [1.54, 1.807) is 18.2 Å². The van der Waals surface area contributed by atoms with E-state index in [0.717, 1.165) is 0 Å². The number of non-ortho nitro benzene ring substituents is 1. The van der Waals surface area contributed by atoms with Gasteiger partial charge in [-0.3, -0.25) is 14.9 Å². The van der Waals surface area contributed by atoms with Crippen molar-refractivity contribution in [2.75, 3.05) is 5.32 Å². The van der Waals surface area contributed by atoms with Crippen LogP contribution < -0.4 is 5.32 Å². The molecule has 0 aliphatic carbocycles. The monoisotopic (exact) mass is 326 g/mol. The number of carboxylic acids is 1. The topological polar surface area (TPSA) is 110 Å². The first-order valence-corrected chi connectivity index (χ1v) is 6.95. The molecule has 0 aromatic heterocycles. The summed E-state index contributed by atoms with van der Waals surface area (Å²) in [6.07, 6.45) is 1.49. The Bertz CT molecular complexity index is 842. The number of nitro benzene ring substituents is 1. The molecule has 2 aromatic rings. The van der Waals surface area contributed by atoms with E-state index in [2.05, 4.69) is 5.32 Å². The molecular weight excluding hydrogens is 312 g/mol. The molecule has 0 saturated carbocycles. The zero-order valence-electron chi connectivity index (χ0n) is 12.7. The molecule has 0 atom stereocenters. The Balaban J connectivity index is 2.22. The Morgan fingerprint density at radius 2 is 1.88 bits per heavy atom. The van der Waals surface area contributed by atoms with Crippen LogP contribution in [0.25, 0.3) is 6.08 Å². The molecule has 1 amide bonds. The van der Waals surface area contributed by atoms with E-state index >= 15 is 0 Å². The summed E-state index contributed by atoms with van der Waals surface area (Å²) in [6.45, 7) is 1.54. The Hall–Kier alpha value is -3.48. The van der Waals surface area contributed by atoms with E-state index in [0.29, 0.717) is 5.56 Å². The molecule has 0 unspecified atom stereocenters. The van der Waals surface area contributed by atoms with E-state index in [4.69, 9.17) is 5.11 Å². The third-order valence-corrected chi connectivity index (χ3v) is 3.23. The second-order valence-corrected chi connectivity index (χ2v) is 4.98. The minimum atomic E-state index is -1.15. The number of nitro groups is 1. The quantitative estimate of drug-likeness (QED) is 0.497. The van der Waals surface area contributed by atoms with Gasteiger partial charge >= 0.3 is 5.97 Å². The highest BCUT2D eigenvalue weighted by molar-refractivity contribution is 6.09. The van der Waals surface area contributed by atoms with Crippen molar-refractivity contribution in [3.05, 3.63) is 75.3 Å². The fraction of sp³-hybridized carbons (Fsp3) is 0.0588. The van der Waals surface area contributed by atoms with Gasteiger partial charge in [0.1, 0.15) is 0 Å². The van der Waals surface area contributed by atoms with Crippen LogP contribution in [0.15, 0.2) is 54.1 Å². The number of aromatic carboxylic acids is 1. The number of hydrogen-bond donors (Lipinski definition) is 2.